The molecular weight excluding hydrogens is 251 g/mol. The Labute approximate surface area is 98.4 Å². The summed E-state index contributed by atoms with van der Waals surface area (Å²) in [5.41, 5.74) is -0.919. The topological polar surface area (TPSA) is 49.0 Å². The average Bonchev–Trinajstić information content (AvgIpc) is 3.09. The van der Waals surface area contributed by atoms with Crippen molar-refractivity contribution in [2.75, 3.05) is 0 Å². The Morgan fingerprint density at radius 2 is 2.12 bits per heavy atom. The molecule has 1 saturated carbocycles. The molecule has 1 heterocycles. The molecule has 0 aliphatic heterocycles. The zero-order chi connectivity index (χ0) is 12.5. The van der Waals surface area contributed by atoms with E-state index in [1.165, 1.54) is 12.3 Å². The first kappa shape index (κ1) is 12.0. The van der Waals surface area contributed by atoms with Crippen LogP contribution in [0.1, 0.15) is 18.5 Å². The van der Waals surface area contributed by atoms with Gasteiger partial charge in [0.1, 0.15) is 5.69 Å². The molecule has 3 nitrogen and oxygen atoms in total. The Balaban J connectivity index is 2.29. The van der Waals surface area contributed by atoms with Crippen LogP contribution in [-0.4, -0.2) is 10.2 Å². The molecule has 0 spiro atoms. The second kappa shape index (κ2) is 4.45. The van der Waals surface area contributed by atoms with Gasteiger partial charge in [0, 0.05) is 16.3 Å². The van der Waals surface area contributed by atoms with E-state index in [0.29, 0.717) is 10.1 Å². The summed E-state index contributed by atoms with van der Waals surface area (Å²) in [4.78, 5) is 3.97. The van der Waals surface area contributed by atoms with Gasteiger partial charge in [-0.05, 0) is 35.7 Å². The third-order valence-electron chi connectivity index (χ3n) is 2.25. The summed E-state index contributed by atoms with van der Waals surface area (Å²) < 4.78 is 40.7. The van der Waals surface area contributed by atoms with Gasteiger partial charge in [0.2, 0.25) is 6.19 Å². The molecule has 7 heteroatoms. The first-order chi connectivity index (χ1) is 8.02. The summed E-state index contributed by atoms with van der Waals surface area (Å²) in [6.07, 6.45) is 0.399. The van der Waals surface area contributed by atoms with Gasteiger partial charge in [-0.3, -0.25) is 4.98 Å². The van der Waals surface area contributed by atoms with E-state index in [0.717, 1.165) is 18.9 Å². The van der Waals surface area contributed by atoms with Gasteiger partial charge < -0.3 is 0 Å². The van der Waals surface area contributed by atoms with Crippen molar-refractivity contribution in [1.82, 2.24) is 4.98 Å². The molecule has 0 bridgehead atoms. The minimum absolute atomic E-state index is 0.299. The number of alkyl halides is 3. The minimum Gasteiger partial charge on any atom is -0.251 e. The van der Waals surface area contributed by atoms with Crippen LogP contribution in [0, 0.1) is 11.5 Å². The summed E-state index contributed by atoms with van der Waals surface area (Å²) >= 11 is 0. The quantitative estimate of drug-likeness (QED) is 0.767. The standard InChI is InChI=1S/C10H8F3N3S/c11-10(12,13)9-4-3-8(5-15-9)17(16-6-14)7-1-2-7/h3-5,7H,1-2H2. The van der Waals surface area contributed by atoms with E-state index in [9.17, 15) is 13.2 Å². The number of pyridine rings is 1. The van der Waals surface area contributed by atoms with Crippen molar-refractivity contribution >= 4 is 10.7 Å². The molecule has 17 heavy (non-hydrogen) atoms. The van der Waals surface area contributed by atoms with E-state index in [2.05, 4.69) is 9.35 Å². The summed E-state index contributed by atoms with van der Waals surface area (Å²) in [6, 6.07) is 2.29. The van der Waals surface area contributed by atoms with Gasteiger partial charge in [-0.25, -0.2) is 0 Å². The molecule has 2 rings (SSSR count). The maximum atomic E-state index is 12.3. The van der Waals surface area contributed by atoms with Crippen LogP contribution in [0.2, 0.25) is 0 Å². The number of hydrogen-bond donors (Lipinski definition) is 0. The van der Waals surface area contributed by atoms with Crippen LogP contribution in [0.5, 0.6) is 0 Å². The van der Waals surface area contributed by atoms with Crippen molar-refractivity contribution in [3.05, 3.63) is 24.0 Å². The smallest absolute Gasteiger partial charge is 0.251 e. The lowest BCUT2D eigenvalue weighted by molar-refractivity contribution is -0.141. The van der Waals surface area contributed by atoms with Crippen LogP contribution in [-0.2, 0) is 16.9 Å². The molecule has 1 aromatic heterocycles. The van der Waals surface area contributed by atoms with E-state index >= 15 is 0 Å². The Kier molecular flexibility index (Phi) is 3.15. The maximum Gasteiger partial charge on any atom is 0.433 e. The fourth-order valence-corrected chi connectivity index (χ4v) is 3.00. The van der Waals surface area contributed by atoms with Crippen LogP contribution < -0.4 is 0 Å². The van der Waals surface area contributed by atoms with Gasteiger partial charge in [-0.1, -0.05) is 0 Å². The van der Waals surface area contributed by atoms with E-state index in [1.54, 1.807) is 6.19 Å². The maximum absolute atomic E-state index is 12.3. The van der Waals surface area contributed by atoms with Crippen LogP contribution in [0.3, 0.4) is 0 Å². The lowest BCUT2D eigenvalue weighted by Crippen LogP contribution is -2.08. The van der Waals surface area contributed by atoms with E-state index in [4.69, 9.17) is 5.26 Å². The number of hydrogen-bond acceptors (Lipinski definition) is 3. The van der Waals surface area contributed by atoms with Gasteiger partial charge in [0.25, 0.3) is 0 Å². The van der Waals surface area contributed by atoms with Crippen LogP contribution in [0.15, 0.2) is 27.6 Å². The average molecular weight is 259 g/mol. The summed E-state index contributed by atoms with van der Waals surface area (Å²) in [6.45, 7) is 0. The second-order valence-corrected chi connectivity index (χ2v) is 5.53. The second-order valence-electron chi connectivity index (χ2n) is 3.58. The van der Waals surface area contributed by atoms with E-state index < -0.39 is 22.6 Å². The first-order valence-corrected chi connectivity index (χ1v) is 6.13. The zero-order valence-electron chi connectivity index (χ0n) is 8.61. The lowest BCUT2D eigenvalue weighted by Gasteiger charge is -2.07. The highest BCUT2D eigenvalue weighted by Gasteiger charge is 2.33. The molecular formula is C10H8F3N3S. The highest BCUT2D eigenvalue weighted by molar-refractivity contribution is 7.88. The van der Waals surface area contributed by atoms with Gasteiger partial charge >= 0.3 is 6.18 Å². The predicted octanol–water partition coefficient (Wildman–Crippen LogP) is 2.90. The van der Waals surface area contributed by atoms with Crippen molar-refractivity contribution < 1.29 is 13.2 Å². The van der Waals surface area contributed by atoms with E-state index in [1.807, 2.05) is 0 Å². The van der Waals surface area contributed by atoms with Gasteiger partial charge in [0.15, 0.2) is 0 Å². The molecule has 1 aliphatic rings. The normalized spacial score (nSPS) is 17.8. The third kappa shape index (κ3) is 2.82. The molecule has 0 aromatic carbocycles. The largest absolute Gasteiger partial charge is 0.433 e. The monoisotopic (exact) mass is 259 g/mol. The highest BCUT2D eigenvalue weighted by atomic mass is 32.2. The molecule has 1 fully saturated rings. The van der Waals surface area contributed by atoms with Gasteiger partial charge in [-0.2, -0.15) is 18.4 Å². The molecule has 1 aromatic rings. The minimum atomic E-state index is -4.43. The van der Waals surface area contributed by atoms with Crippen LogP contribution in [0.4, 0.5) is 13.2 Å². The fourth-order valence-electron chi connectivity index (χ4n) is 1.33. The number of rotatable bonds is 2. The molecule has 1 aliphatic carbocycles. The number of nitrogens with zero attached hydrogens (tertiary/aromatic N) is 3. The SMILES string of the molecule is N#CN=S(c1ccc(C(F)(F)F)nc1)C1CC1. The summed E-state index contributed by atoms with van der Waals surface area (Å²) in [7, 11) is -0.630. The Bertz CT molecular complexity index is 483. The molecule has 0 N–H and O–H groups in total. The predicted molar refractivity (Wildman–Crippen MR) is 55.9 cm³/mol. The first-order valence-electron chi connectivity index (χ1n) is 4.88. The third-order valence-corrected chi connectivity index (χ3v) is 4.35. The van der Waals surface area contributed by atoms with E-state index in [-0.39, 0.29) is 0 Å². The van der Waals surface area contributed by atoms with Crippen LogP contribution >= 0.6 is 0 Å². The summed E-state index contributed by atoms with van der Waals surface area (Å²) in [5, 5.41) is 8.85. The lowest BCUT2D eigenvalue weighted by atomic mass is 10.3. The van der Waals surface area contributed by atoms with Crippen molar-refractivity contribution in [3.63, 3.8) is 0 Å². The van der Waals surface area contributed by atoms with Crippen molar-refractivity contribution in [1.29, 1.82) is 5.26 Å². The summed E-state index contributed by atoms with van der Waals surface area (Å²) in [5.74, 6) is 0. The molecule has 0 radical (unpaired) electrons. The molecule has 90 valence electrons. The van der Waals surface area contributed by atoms with Crippen molar-refractivity contribution in [2.45, 2.75) is 29.2 Å². The molecule has 0 amide bonds. The Morgan fingerprint density at radius 1 is 1.41 bits per heavy atom. The fraction of sp³-hybridized carbons (Fsp3) is 0.400. The number of nitriles is 1. The van der Waals surface area contributed by atoms with Gasteiger partial charge in [-0.15, -0.1) is 4.36 Å². The molecule has 0 saturated heterocycles. The van der Waals surface area contributed by atoms with Gasteiger partial charge in [0.05, 0.1) is 0 Å². The Morgan fingerprint density at radius 3 is 2.53 bits per heavy atom. The highest BCUT2D eigenvalue weighted by Crippen LogP contribution is 2.33. The van der Waals surface area contributed by atoms with Crippen molar-refractivity contribution in [3.8, 4) is 6.19 Å². The number of halogens is 3. The number of aromatic nitrogens is 1. The van der Waals surface area contributed by atoms with Crippen molar-refractivity contribution in [2.24, 2.45) is 4.36 Å². The zero-order valence-corrected chi connectivity index (χ0v) is 9.42. The van der Waals surface area contributed by atoms with Crippen LogP contribution in [0.25, 0.3) is 0 Å². The molecule has 1 unspecified atom stereocenters. The molecule has 1 atom stereocenters. The Hall–Kier alpha value is -1.42.